The van der Waals surface area contributed by atoms with Crippen molar-refractivity contribution in [1.29, 1.82) is 0 Å². The Labute approximate surface area is 84.1 Å². The number of aliphatic hydroxyl groups is 1. The van der Waals surface area contributed by atoms with Crippen molar-refractivity contribution in [1.82, 2.24) is 0 Å². The van der Waals surface area contributed by atoms with E-state index in [1.54, 1.807) is 19.9 Å². The highest BCUT2D eigenvalue weighted by Crippen LogP contribution is 2.12. The summed E-state index contributed by atoms with van der Waals surface area (Å²) in [5, 5.41) is 17.2. The quantitative estimate of drug-likeness (QED) is 0.405. The molecule has 0 aromatic carbocycles. The first-order valence-electron chi connectivity index (χ1n) is 4.68. The molecule has 0 aliphatic heterocycles. The Balaban J connectivity index is 3.95. The van der Waals surface area contributed by atoms with Gasteiger partial charge in [0.2, 0.25) is 0 Å². The zero-order valence-corrected chi connectivity index (χ0v) is 8.86. The molecule has 4 heteroatoms. The van der Waals surface area contributed by atoms with Crippen LogP contribution in [-0.2, 0) is 9.68 Å². The van der Waals surface area contributed by atoms with E-state index in [0.717, 1.165) is 0 Å². The monoisotopic (exact) mass is 202 g/mol. The van der Waals surface area contributed by atoms with Gasteiger partial charge in [0.25, 0.3) is 0 Å². The SMILES string of the molecule is CC(=CCC(C)CC(C)O)C(=O)OO. The van der Waals surface area contributed by atoms with Crippen LogP contribution in [0.1, 0.15) is 33.6 Å². The van der Waals surface area contributed by atoms with Crippen LogP contribution in [0.3, 0.4) is 0 Å². The van der Waals surface area contributed by atoms with Gasteiger partial charge in [0.1, 0.15) is 0 Å². The molecule has 0 heterocycles. The van der Waals surface area contributed by atoms with Gasteiger partial charge in [-0.25, -0.2) is 4.79 Å². The molecule has 0 aliphatic rings. The maximum atomic E-state index is 10.8. The van der Waals surface area contributed by atoms with Crippen molar-refractivity contribution in [3.63, 3.8) is 0 Å². The average Bonchev–Trinajstić information content (AvgIpc) is 2.11. The number of allylic oxidation sites excluding steroid dienone is 1. The summed E-state index contributed by atoms with van der Waals surface area (Å²) < 4.78 is 0. The van der Waals surface area contributed by atoms with E-state index in [-0.39, 0.29) is 6.10 Å². The van der Waals surface area contributed by atoms with Crippen LogP contribution >= 0.6 is 0 Å². The first kappa shape index (κ1) is 13.1. The lowest BCUT2D eigenvalue weighted by Gasteiger charge is -2.10. The molecule has 4 nitrogen and oxygen atoms in total. The number of carbonyl (C=O) groups is 1. The lowest BCUT2D eigenvalue weighted by atomic mass is 9.99. The lowest BCUT2D eigenvalue weighted by molar-refractivity contribution is -0.229. The van der Waals surface area contributed by atoms with Crippen LogP contribution in [0.5, 0.6) is 0 Å². The second-order valence-electron chi connectivity index (χ2n) is 3.69. The van der Waals surface area contributed by atoms with Crippen LogP contribution in [0.15, 0.2) is 11.6 Å². The van der Waals surface area contributed by atoms with Gasteiger partial charge in [-0.2, -0.15) is 5.26 Å². The number of hydrogen-bond donors (Lipinski definition) is 2. The maximum absolute atomic E-state index is 10.8. The fourth-order valence-electron chi connectivity index (χ4n) is 1.21. The number of carbonyl (C=O) groups excluding carboxylic acids is 1. The molecular weight excluding hydrogens is 184 g/mol. The first-order valence-corrected chi connectivity index (χ1v) is 4.68. The van der Waals surface area contributed by atoms with Gasteiger partial charge < -0.3 is 5.11 Å². The van der Waals surface area contributed by atoms with Gasteiger partial charge in [-0.3, -0.25) is 4.89 Å². The van der Waals surface area contributed by atoms with Crippen molar-refractivity contribution in [2.75, 3.05) is 0 Å². The molecule has 0 saturated heterocycles. The summed E-state index contributed by atoms with van der Waals surface area (Å²) >= 11 is 0. The minimum atomic E-state index is -0.728. The smallest absolute Gasteiger partial charge is 0.368 e. The molecule has 14 heavy (non-hydrogen) atoms. The third-order valence-corrected chi connectivity index (χ3v) is 1.97. The highest BCUT2D eigenvalue weighted by Gasteiger charge is 2.07. The summed E-state index contributed by atoms with van der Waals surface area (Å²) in [5.41, 5.74) is 0.380. The minimum absolute atomic E-state index is 0.302. The van der Waals surface area contributed by atoms with Crippen LogP contribution in [0.2, 0.25) is 0 Å². The Morgan fingerprint density at radius 3 is 2.50 bits per heavy atom. The second kappa shape index (κ2) is 6.56. The Kier molecular flexibility index (Phi) is 6.16. The largest absolute Gasteiger partial charge is 0.393 e. The fourth-order valence-corrected chi connectivity index (χ4v) is 1.21. The molecule has 0 rings (SSSR count). The Morgan fingerprint density at radius 2 is 2.07 bits per heavy atom. The molecule has 0 amide bonds. The summed E-state index contributed by atoms with van der Waals surface area (Å²) in [6, 6.07) is 0. The molecule has 0 bridgehead atoms. The molecule has 0 saturated carbocycles. The molecule has 2 atom stereocenters. The number of rotatable bonds is 5. The van der Waals surface area contributed by atoms with E-state index in [0.29, 0.717) is 24.3 Å². The van der Waals surface area contributed by atoms with Crippen molar-refractivity contribution < 1.29 is 20.0 Å². The normalized spacial score (nSPS) is 16.2. The average molecular weight is 202 g/mol. The summed E-state index contributed by atoms with van der Waals surface area (Å²) in [6.07, 6.45) is 2.75. The molecule has 2 unspecified atom stereocenters. The van der Waals surface area contributed by atoms with E-state index < -0.39 is 5.97 Å². The molecule has 0 spiro atoms. The summed E-state index contributed by atoms with van der Waals surface area (Å²) in [5.74, 6) is -0.425. The fraction of sp³-hybridized carbons (Fsp3) is 0.700. The Morgan fingerprint density at radius 1 is 1.50 bits per heavy atom. The van der Waals surface area contributed by atoms with Crippen LogP contribution in [0, 0.1) is 5.92 Å². The summed E-state index contributed by atoms with van der Waals surface area (Å²) in [6.45, 7) is 5.30. The van der Waals surface area contributed by atoms with Gasteiger partial charge in [0.05, 0.1) is 6.10 Å². The van der Waals surface area contributed by atoms with Gasteiger partial charge >= 0.3 is 5.97 Å². The molecule has 0 aromatic heterocycles. The maximum Gasteiger partial charge on any atom is 0.368 e. The summed E-state index contributed by atoms with van der Waals surface area (Å²) in [7, 11) is 0. The molecular formula is C10H18O4. The van der Waals surface area contributed by atoms with Crippen molar-refractivity contribution in [3.05, 3.63) is 11.6 Å². The predicted molar refractivity (Wildman–Crippen MR) is 52.6 cm³/mol. The zero-order chi connectivity index (χ0) is 11.1. The second-order valence-corrected chi connectivity index (χ2v) is 3.69. The number of aliphatic hydroxyl groups excluding tert-OH is 1. The molecule has 2 N–H and O–H groups in total. The zero-order valence-electron chi connectivity index (χ0n) is 8.86. The Hall–Kier alpha value is -0.870. The van der Waals surface area contributed by atoms with Crippen molar-refractivity contribution in [2.45, 2.75) is 39.7 Å². The lowest BCUT2D eigenvalue weighted by Crippen LogP contribution is -2.07. The van der Waals surface area contributed by atoms with Gasteiger partial charge in [0.15, 0.2) is 0 Å². The molecule has 0 aromatic rings. The topological polar surface area (TPSA) is 66.8 Å². The Bertz CT molecular complexity index is 208. The molecule has 0 fully saturated rings. The first-order chi connectivity index (χ1) is 6.47. The molecule has 0 aliphatic carbocycles. The van der Waals surface area contributed by atoms with Crippen molar-refractivity contribution >= 4 is 5.97 Å². The van der Waals surface area contributed by atoms with Gasteiger partial charge in [-0.1, -0.05) is 13.0 Å². The van der Waals surface area contributed by atoms with E-state index >= 15 is 0 Å². The van der Waals surface area contributed by atoms with Gasteiger partial charge in [0, 0.05) is 5.57 Å². The van der Waals surface area contributed by atoms with E-state index in [1.807, 2.05) is 6.92 Å². The standard InChI is InChI=1S/C10H18O4/c1-7(6-9(3)11)4-5-8(2)10(12)14-13/h5,7,9,11,13H,4,6H2,1-3H3. The van der Waals surface area contributed by atoms with Crippen LogP contribution in [0.4, 0.5) is 0 Å². The van der Waals surface area contributed by atoms with Crippen LogP contribution in [0.25, 0.3) is 0 Å². The highest BCUT2D eigenvalue weighted by atomic mass is 17.1. The van der Waals surface area contributed by atoms with E-state index in [2.05, 4.69) is 4.89 Å². The predicted octanol–water partition coefficient (Wildman–Crippen LogP) is 1.75. The van der Waals surface area contributed by atoms with Gasteiger partial charge in [-0.15, -0.1) is 0 Å². The molecule has 82 valence electrons. The third-order valence-electron chi connectivity index (χ3n) is 1.97. The molecule has 0 radical (unpaired) electrons. The minimum Gasteiger partial charge on any atom is -0.393 e. The third kappa shape index (κ3) is 5.72. The number of hydrogen-bond acceptors (Lipinski definition) is 4. The van der Waals surface area contributed by atoms with E-state index in [1.165, 1.54) is 0 Å². The summed E-state index contributed by atoms with van der Waals surface area (Å²) in [4.78, 5) is 14.3. The van der Waals surface area contributed by atoms with Crippen molar-refractivity contribution in [2.24, 2.45) is 5.92 Å². The van der Waals surface area contributed by atoms with Crippen LogP contribution in [-0.4, -0.2) is 22.4 Å². The van der Waals surface area contributed by atoms with Crippen molar-refractivity contribution in [3.8, 4) is 0 Å². The van der Waals surface area contributed by atoms with Crippen LogP contribution < -0.4 is 0 Å². The van der Waals surface area contributed by atoms with E-state index in [4.69, 9.17) is 10.4 Å². The van der Waals surface area contributed by atoms with E-state index in [9.17, 15) is 4.79 Å². The van der Waals surface area contributed by atoms with Gasteiger partial charge in [-0.05, 0) is 32.6 Å². The highest BCUT2D eigenvalue weighted by molar-refractivity contribution is 5.87.